The van der Waals surface area contributed by atoms with E-state index < -0.39 is 0 Å². The lowest BCUT2D eigenvalue weighted by Crippen LogP contribution is -2.28. The van der Waals surface area contributed by atoms with Crippen LogP contribution in [0, 0.1) is 0 Å². The smallest absolute Gasteiger partial charge is 0.267 e. The van der Waals surface area contributed by atoms with Crippen LogP contribution >= 0.6 is 27.5 Å². The molecule has 0 aliphatic heterocycles. The van der Waals surface area contributed by atoms with Crippen molar-refractivity contribution >= 4 is 33.4 Å². The van der Waals surface area contributed by atoms with Crippen LogP contribution in [0.25, 0.3) is 0 Å². The van der Waals surface area contributed by atoms with Crippen molar-refractivity contribution in [2.75, 3.05) is 13.2 Å². The molecule has 19 heavy (non-hydrogen) atoms. The minimum Gasteiger partial charge on any atom is -0.492 e. The molecule has 0 saturated carbocycles. The van der Waals surface area contributed by atoms with Gasteiger partial charge in [0.2, 0.25) is 0 Å². The Morgan fingerprint density at radius 3 is 2.74 bits per heavy atom. The molecule has 1 aromatic heterocycles. The first-order valence-corrected chi connectivity index (χ1v) is 6.83. The predicted octanol–water partition coefficient (Wildman–Crippen LogP) is 3.24. The van der Waals surface area contributed by atoms with Crippen molar-refractivity contribution in [1.29, 1.82) is 0 Å². The van der Waals surface area contributed by atoms with Crippen molar-refractivity contribution < 1.29 is 9.53 Å². The van der Waals surface area contributed by atoms with Crippen molar-refractivity contribution in [2.45, 2.75) is 0 Å². The summed E-state index contributed by atoms with van der Waals surface area (Å²) >= 11 is 9.04. The maximum Gasteiger partial charge on any atom is 0.267 e. The lowest BCUT2D eigenvalue weighted by atomic mass is 10.3. The third-order valence-corrected chi connectivity index (χ3v) is 3.07. The molecule has 1 amide bonds. The molecule has 0 radical (unpaired) electrons. The summed E-state index contributed by atoms with van der Waals surface area (Å²) in [7, 11) is 0. The summed E-state index contributed by atoms with van der Waals surface area (Å²) in [6.07, 6.45) is 1.71. The van der Waals surface area contributed by atoms with Crippen LogP contribution in [0.3, 0.4) is 0 Å². The number of aromatic amines is 1. The Kier molecular flexibility index (Phi) is 4.87. The number of hydrogen-bond acceptors (Lipinski definition) is 2. The van der Waals surface area contributed by atoms with Crippen molar-refractivity contribution in [3.8, 4) is 5.75 Å². The Morgan fingerprint density at radius 2 is 2.11 bits per heavy atom. The van der Waals surface area contributed by atoms with Gasteiger partial charge in [0.1, 0.15) is 18.1 Å². The number of rotatable bonds is 5. The van der Waals surface area contributed by atoms with Gasteiger partial charge >= 0.3 is 0 Å². The highest BCUT2D eigenvalue weighted by atomic mass is 79.9. The molecule has 0 spiro atoms. The highest BCUT2D eigenvalue weighted by Crippen LogP contribution is 2.15. The summed E-state index contributed by atoms with van der Waals surface area (Å²) in [5, 5.41) is 3.42. The normalized spacial score (nSPS) is 10.2. The van der Waals surface area contributed by atoms with E-state index >= 15 is 0 Å². The van der Waals surface area contributed by atoms with Gasteiger partial charge in [-0.1, -0.05) is 11.6 Å². The van der Waals surface area contributed by atoms with E-state index in [9.17, 15) is 4.79 Å². The van der Waals surface area contributed by atoms with Crippen molar-refractivity contribution in [1.82, 2.24) is 10.3 Å². The van der Waals surface area contributed by atoms with Gasteiger partial charge in [-0.2, -0.15) is 0 Å². The van der Waals surface area contributed by atoms with Crippen LogP contribution in [0.15, 0.2) is 41.0 Å². The summed E-state index contributed by atoms with van der Waals surface area (Å²) in [6, 6.07) is 8.80. The zero-order valence-electron chi connectivity index (χ0n) is 9.95. The first-order chi connectivity index (χ1) is 9.15. The van der Waals surface area contributed by atoms with Gasteiger partial charge in [0, 0.05) is 15.7 Å². The molecule has 2 N–H and O–H groups in total. The average Bonchev–Trinajstić information content (AvgIpc) is 2.83. The molecule has 1 heterocycles. The molecule has 0 aliphatic rings. The van der Waals surface area contributed by atoms with Crippen molar-refractivity contribution in [2.24, 2.45) is 0 Å². The molecule has 1 aromatic carbocycles. The molecule has 0 fully saturated rings. The fourth-order valence-corrected chi connectivity index (χ4v) is 1.93. The van der Waals surface area contributed by atoms with Crippen LogP contribution in [-0.2, 0) is 0 Å². The predicted molar refractivity (Wildman–Crippen MR) is 77.8 cm³/mol. The molecule has 2 aromatic rings. The number of amides is 1. The van der Waals surface area contributed by atoms with E-state index in [0.29, 0.717) is 23.9 Å². The standard InChI is InChI=1S/C13H12BrClN2O2/c14-9-7-12(17-8-9)13(18)16-5-6-19-11-3-1-10(15)2-4-11/h1-4,7-8,17H,5-6H2,(H,16,18). The van der Waals surface area contributed by atoms with Crippen LogP contribution in [0.1, 0.15) is 10.5 Å². The van der Waals surface area contributed by atoms with E-state index in [1.807, 2.05) is 0 Å². The Labute approximate surface area is 124 Å². The van der Waals surface area contributed by atoms with Crippen LogP contribution in [0.4, 0.5) is 0 Å². The summed E-state index contributed by atoms with van der Waals surface area (Å²) in [5.74, 6) is 0.562. The Hall–Kier alpha value is -1.46. The fraction of sp³-hybridized carbons (Fsp3) is 0.154. The van der Waals surface area contributed by atoms with E-state index in [4.69, 9.17) is 16.3 Å². The number of ether oxygens (including phenoxy) is 1. The number of hydrogen-bond donors (Lipinski definition) is 2. The number of carbonyl (C=O) groups excluding carboxylic acids is 1. The van der Waals surface area contributed by atoms with Crippen LogP contribution < -0.4 is 10.1 Å². The largest absolute Gasteiger partial charge is 0.492 e. The molecule has 0 unspecified atom stereocenters. The van der Waals surface area contributed by atoms with E-state index in [1.54, 1.807) is 36.5 Å². The highest BCUT2D eigenvalue weighted by Gasteiger charge is 2.06. The Balaban J connectivity index is 1.72. The third kappa shape index (κ3) is 4.29. The first-order valence-electron chi connectivity index (χ1n) is 5.65. The van der Waals surface area contributed by atoms with Crippen LogP contribution in [0.5, 0.6) is 5.75 Å². The summed E-state index contributed by atoms with van der Waals surface area (Å²) in [4.78, 5) is 14.5. The molecule has 4 nitrogen and oxygen atoms in total. The SMILES string of the molecule is O=C(NCCOc1ccc(Cl)cc1)c1cc(Br)c[nH]1. The molecule has 0 bridgehead atoms. The van der Waals surface area contributed by atoms with E-state index in [-0.39, 0.29) is 5.91 Å². The van der Waals surface area contributed by atoms with Gasteiger partial charge in [0.05, 0.1) is 6.54 Å². The number of benzene rings is 1. The second kappa shape index (κ2) is 6.63. The molecular formula is C13H12BrClN2O2. The summed E-state index contributed by atoms with van der Waals surface area (Å²) in [5.41, 5.74) is 0.512. The Morgan fingerprint density at radius 1 is 1.37 bits per heavy atom. The molecule has 6 heteroatoms. The van der Waals surface area contributed by atoms with Gasteiger partial charge in [-0.15, -0.1) is 0 Å². The fourth-order valence-electron chi connectivity index (χ4n) is 1.46. The monoisotopic (exact) mass is 342 g/mol. The van der Waals surface area contributed by atoms with Crippen molar-refractivity contribution in [3.05, 3.63) is 51.7 Å². The molecule has 100 valence electrons. The van der Waals surface area contributed by atoms with Gasteiger partial charge in [0.15, 0.2) is 0 Å². The lowest BCUT2D eigenvalue weighted by molar-refractivity contribution is 0.0942. The van der Waals surface area contributed by atoms with Gasteiger partial charge in [-0.05, 0) is 46.3 Å². The number of halogens is 2. The lowest BCUT2D eigenvalue weighted by Gasteiger charge is -2.07. The first kappa shape index (κ1) is 14.0. The zero-order valence-corrected chi connectivity index (χ0v) is 12.3. The highest BCUT2D eigenvalue weighted by molar-refractivity contribution is 9.10. The number of H-pyrrole nitrogens is 1. The Bertz CT molecular complexity index is 554. The molecule has 0 aliphatic carbocycles. The molecule has 2 rings (SSSR count). The summed E-state index contributed by atoms with van der Waals surface area (Å²) in [6.45, 7) is 0.827. The second-order valence-electron chi connectivity index (χ2n) is 3.79. The quantitative estimate of drug-likeness (QED) is 0.819. The minimum absolute atomic E-state index is 0.162. The van der Waals surface area contributed by atoms with E-state index in [2.05, 4.69) is 26.2 Å². The number of carbonyl (C=O) groups is 1. The average molecular weight is 344 g/mol. The number of aromatic nitrogens is 1. The zero-order chi connectivity index (χ0) is 13.7. The van der Waals surface area contributed by atoms with Gasteiger partial charge in [-0.25, -0.2) is 0 Å². The van der Waals surface area contributed by atoms with Crippen LogP contribution in [0.2, 0.25) is 5.02 Å². The van der Waals surface area contributed by atoms with E-state index in [1.165, 1.54) is 0 Å². The second-order valence-corrected chi connectivity index (χ2v) is 5.14. The maximum atomic E-state index is 11.7. The minimum atomic E-state index is -0.162. The van der Waals surface area contributed by atoms with Gasteiger partial charge < -0.3 is 15.0 Å². The van der Waals surface area contributed by atoms with Gasteiger partial charge in [0.25, 0.3) is 5.91 Å². The topological polar surface area (TPSA) is 54.1 Å². The third-order valence-electron chi connectivity index (χ3n) is 2.36. The molecule has 0 saturated heterocycles. The summed E-state index contributed by atoms with van der Waals surface area (Å²) < 4.78 is 6.30. The number of nitrogens with one attached hydrogen (secondary N) is 2. The van der Waals surface area contributed by atoms with Crippen molar-refractivity contribution in [3.63, 3.8) is 0 Å². The van der Waals surface area contributed by atoms with E-state index in [0.717, 1.165) is 10.2 Å². The van der Waals surface area contributed by atoms with Crippen LogP contribution in [-0.4, -0.2) is 24.0 Å². The molecule has 0 atom stereocenters. The molecular weight excluding hydrogens is 332 g/mol. The van der Waals surface area contributed by atoms with Gasteiger partial charge in [-0.3, -0.25) is 4.79 Å². The maximum absolute atomic E-state index is 11.7.